The first kappa shape index (κ1) is 19.5. The minimum Gasteiger partial charge on any atom is -0.493 e. The van der Waals surface area contributed by atoms with Gasteiger partial charge in [-0.1, -0.05) is 12.1 Å². The molecule has 1 aliphatic rings. The molecule has 2 rings (SSSR count). The molecule has 1 heterocycles. The molecule has 1 aromatic carbocycles. The largest absolute Gasteiger partial charge is 1.00 e. The summed E-state index contributed by atoms with van der Waals surface area (Å²) in [7, 11) is 0. The summed E-state index contributed by atoms with van der Waals surface area (Å²) in [4.78, 5) is 0. The van der Waals surface area contributed by atoms with Gasteiger partial charge in [-0.05, 0) is 44.2 Å². The van der Waals surface area contributed by atoms with Gasteiger partial charge >= 0.3 is 58.4 Å². The minimum atomic E-state index is -4.94. The summed E-state index contributed by atoms with van der Waals surface area (Å²) in [5.74, 6) is 0.529. The molecule has 1 unspecified atom stereocenters. The maximum atomic E-state index is 12.6. The number of halogens is 3. The third kappa shape index (κ3) is 6.23. The van der Waals surface area contributed by atoms with Crippen molar-refractivity contribution in [3.8, 4) is 5.75 Å². The molecule has 0 bridgehead atoms. The van der Waals surface area contributed by atoms with E-state index in [4.69, 9.17) is 9.47 Å². The predicted molar refractivity (Wildman–Crippen MR) is 73.6 cm³/mol. The molecule has 0 aliphatic carbocycles. The van der Waals surface area contributed by atoms with Crippen LogP contribution in [0.5, 0.6) is 5.75 Å². The molecule has 0 saturated carbocycles. The van der Waals surface area contributed by atoms with Gasteiger partial charge in [0.1, 0.15) is 5.75 Å². The Bertz CT molecular complexity index is 448. The van der Waals surface area contributed by atoms with Gasteiger partial charge in [-0.25, -0.2) is 0 Å². The van der Waals surface area contributed by atoms with Crippen molar-refractivity contribution in [1.29, 1.82) is 0 Å². The SMILES string of the molecule is Cc1cc([B-](F)(F)F)ccc1OCCCC1CCCO1.[K+]. The summed E-state index contributed by atoms with van der Waals surface area (Å²) < 4.78 is 48.8. The number of hydrogen-bond acceptors (Lipinski definition) is 2. The van der Waals surface area contributed by atoms with E-state index < -0.39 is 12.4 Å². The quantitative estimate of drug-likeness (QED) is 0.556. The Morgan fingerprint density at radius 1 is 1.33 bits per heavy atom. The molecule has 2 nitrogen and oxygen atoms in total. The average molecular weight is 326 g/mol. The predicted octanol–water partition coefficient (Wildman–Crippen LogP) is 0.391. The van der Waals surface area contributed by atoms with Crippen LogP contribution in [0, 0.1) is 6.92 Å². The van der Waals surface area contributed by atoms with Crippen LogP contribution >= 0.6 is 0 Å². The zero-order valence-corrected chi connectivity index (χ0v) is 15.7. The van der Waals surface area contributed by atoms with Gasteiger partial charge in [0.2, 0.25) is 0 Å². The molecule has 0 N–H and O–H groups in total. The standard InChI is InChI=1S/C14H19BF3O2.K/c1-11-10-12(15(16,17)18)6-7-14(11)20-9-3-5-13-4-2-8-19-13;/h6-7,10,13H,2-5,8-9H2,1H3;/q-1;+1. The topological polar surface area (TPSA) is 18.5 Å². The number of ether oxygens (including phenoxy) is 2. The molecule has 1 aromatic rings. The van der Waals surface area contributed by atoms with Crippen molar-refractivity contribution in [3.05, 3.63) is 23.8 Å². The van der Waals surface area contributed by atoms with E-state index in [-0.39, 0.29) is 51.4 Å². The minimum absolute atomic E-state index is 0. The summed E-state index contributed by atoms with van der Waals surface area (Å²) in [6, 6.07) is 3.64. The Labute approximate surface area is 166 Å². The Morgan fingerprint density at radius 3 is 2.67 bits per heavy atom. The fourth-order valence-corrected chi connectivity index (χ4v) is 2.40. The number of rotatable bonds is 6. The summed E-state index contributed by atoms with van der Waals surface area (Å²) >= 11 is 0. The van der Waals surface area contributed by atoms with Gasteiger partial charge in [0, 0.05) is 6.61 Å². The molecule has 112 valence electrons. The van der Waals surface area contributed by atoms with Crippen LogP contribution in [-0.4, -0.2) is 26.3 Å². The van der Waals surface area contributed by atoms with Crippen molar-refractivity contribution in [2.45, 2.75) is 38.7 Å². The molecule has 7 heteroatoms. The van der Waals surface area contributed by atoms with Crippen LogP contribution in [0.3, 0.4) is 0 Å². The molecule has 0 spiro atoms. The van der Waals surface area contributed by atoms with E-state index in [1.807, 2.05) is 0 Å². The second kappa shape index (κ2) is 8.94. The molecule has 0 aromatic heterocycles. The maximum Gasteiger partial charge on any atom is 1.00 e. The van der Waals surface area contributed by atoms with Gasteiger partial charge < -0.3 is 22.4 Å². The Hall–Kier alpha value is 0.471. The number of aryl methyl sites for hydroxylation is 1. The molecule has 1 saturated heterocycles. The van der Waals surface area contributed by atoms with E-state index in [1.54, 1.807) is 6.92 Å². The zero-order valence-electron chi connectivity index (χ0n) is 12.6. The van der Waals surface area contributed by atoms with Gasteiger partial charge in [0.25, 0.3) is 0 Å². The zero-order chi connectivity index (χ0) is 14.6. The van der Waals surface area contributed by atoms with Gasteiger partial charge in [0.15, 0.2) is 0 Å². The Kier molecular flexibility index (Phi) is 8.31. The molecule has 0 radical (unpaired) electrons. The normalized spacial score (nSPS) is 18.4. The first-order valence-corrected chi connectivity index (χ1v) is 7.02. The monoisotopic (exact) mass is 326 g/mol. The van der Waals surface area contributed by atoms with Crippen LogP contribution in [0.15, 0.2) is 18.2 Å². The third-order valence-electron chi connectivity index (χ3n) is 3.53. The van der Waals surface area contributed by atoms with Gasteiger partial charge in [-0.2, -0.15) is 0 Å². The second-order valence-electron chi connectivity index (χ2n) is 5.23. The van der Waals surface area contributed by atoms with E-state index in [1.165, 1.54) is 6.07 Å². The number of hydrogen-bond donors (Lipinski definition) is 0. The fourth-order valence-electron chi connectivity index (χ4n) is 2.40. The summed E-state index contributed by atoms with van der Waals surface area (Å²) in [6.45, 7) is -1.95. The van der Waals surface area contributed by atoms with Gasteiger partial charge in [0.05, 0.1) is 12.7 Å². The fraction of sp³-hybridized carbons (Fsp3) is 0.571. The first-order chi connectivity index (χ1) is 9.47. The molecular weight excluding hydrogens is 307 g/mol. The van der Waals surface area contributed by atoms with Crippen molar-refractivity contribution in [2.24, 2.45) is 0 Å². The van der Waals surface area contributed by atoms with Crippen LogP contribution < -0.4 is 61.6 Å². The van der Waals surface area contributed by atoms with Crippen molar-refractivity contribution in [1.82, 2.24) is 0 Å². The van der Waals surface area contributed by atoms with Gasteiger partial charge in [-0.3, -0.25) is 0 Å². The van der Waals surface area contributed by atoms with Crippen LogP contribution in [0.2, 0.25) is 0 Å². The van der Waals surface area contributed by atoms with E-state index in [0.29, 0.717) is 24.0 Å². The van der Waals surface area contributed by atoms with Crippen molar-refractivity contribution >= 4 is 12.4 Å². The third-order valence-corrected chi connectivity index (χ3v) is 3.53. The van der Waals surface area contributed by atoms with Crippen LogP contribution in [0.4, 0.5) is 12.9 Å². The average Bonchev–Trinajstić information content (AvgIpc) is 2.88. The molecule has 0 amide bonds. The van der Waals surface area contributed by atoms with Crippen LogP contribution in [0.1, 0.15) is 31.2 Å². The Morgan fingerprint density at radius 2 is 2.10 bits per heavy atom. The summed E-state index contributed by atoms with van der Waals surface area (Å²) in [6.07, 6.45) is 4.35. The van der Waals surface area contributed by atoms with Gasteiger partial charge in [-0.15, -0.1) is 5.46 Å². The molecule has 21 heavy (non-hydrogen) atoms. The second-order valence-corrected chi connectivity index (χ2v) is 5.23. The smallest absolute Gasteiger partial charge is 0.493 e. The van der Waals surface area contributed by atoms with Crippen molar-refractivity contribution in [2.75, 3.05) is 13.2 Å². The molecule has 1 aliphatic heterocycles. The Balaban J connectivity index is 0.00000220. The summed E-state index contributed by atoms with van der Waals surface area (Å²) in [5, 5.41) is 0. The van der Waals surface area contributed by atoms with E-state index >= 15 is 0 Å². The summed E-state index contributed by atoms with van der Waals surface area (Å²) in [5.41, 5.74) is -0.0481. The molecular formula is C14H19BF3KO2. The number of benzene rings is 1. The maximum absolute atomic E-state index is 12.6. The van der Waals surface area contributed by atoms with Crippen molar-refractivity contribution in [3.63, 3.8) is 0 Å². The van der Waals surface area contributed by atoms with E-state index in [2.05, 4.69) is 0 Å². The molecule has 1 fully saturated rings. The van der Waals surface area contributed by atoms with E-state index in [9.17, 15) is 12.9 Å². The van der Waals surface area contributed by atoms with Crippen molar-refractivity contribution < 1.29 is 73.8 Å². The first-order valence-electron chi connectivity index (χ1n) is 7.02. The van der Waals surface area contributed by atoms with Crippen LogP contribution in [-0.2, 0) is 4.74 Å². The molecule has 1 atom stereocenters. The van der Waals surface area contributed by atoms with Crippen LogP contribution in [0.25, 0.3) is 0 Å². The van der Waals surface area contributed by atoms with E-state index in [0.717, 1.165) is 44.4 Å².